The van der Waals surface area contributed by atoms with Gasteiger partial charge in [-0.25, -0.2) is 9.59 Å². The van der Waals surface area contributed by atoms with E-state index in [1.807, 2.05) is 0 Å². The summed E-state index contributed by atoms with van der Waals surface area (Å²) in [6, 6.07) is 1.77. The summed E-state index contributed by atoms with van der Waals surface area (Å²) in [6.45, 7) is 5.09. The molecule has 1 aromatic heterocycles. The van der Waals surface area contributed by atoms with Gasteiger partial charge in [0.25, 0.3) is 0 Å². The van der Waals surface area contributed by atoms with Crippen LogP contribution in [0.3, 0.4) is 0 Å². The zero-order valence-corrected chi connectivity index (χ0v) is 15.4. The Morgan fingerprint density at radius 2 is 1.96 bits per heavy atom. The fourth-order valence-electron chi connectivity index (χ4n) is 2.68. The number of amides is 1. The summed E-state index contributed by atoms with van der Waals surface area (Å²) in [7, 11) is 0. The number of hydrogen-bond donors (Lipinski definition) is 3. The Kier molecular flexibility index (Phi) is 5.92. The molecule has 2 rings (SSSR count). The standard InChI is InChI=1S/C18H20ClNO6/c1-8(2)16(17(23)24)20-15(22)5-4-10-9(3)11-6-12(19)13(21)7-14(11)26-18(10)25/h6-8,16,21H,4-5H2,1-3H3,(H,20,22)(H,23,24). The van der Waals surface area contributed by atoms with Gasteiger partial charge in [0.05, 0.1) is 5.02 Å². The third-order valence-corrected chi connectivity index (χ3v) is 4.51. The van der Waals surface area contributed by atoms with Gasteiger partial charge in [0.15, 0.2) is 0 Å². The highest BCUT2D eigenvalue weighted by Gasteiger charge is 2.23. The predicted molar refractivity (Wildman–Crippen MR) is 96.6 cm³/mol. The van der Waals surface area contributed by atoms with Crippen molar-refractivity contribution in [2.24, 2.45) is 5.92 Å². The molecule has 1 aromatic carbocycles. The Bertz CT molecular complexity index is 918. The molecule has 140 valence electrons. The van der Waals surface area contributed by atoms with Crippen LogP contribution in [0.2, 0.25) is 5.02 Å². The lowest BCUT2D eigenvalue weighted by atomic mass is 10.0. The van der Waals surface area contributed by atoms with Gasteiger partial charge in [0, 0.05) is 23.4 Å². The average molecular weight is 382 g/mol. The van der Waals surface area contributed by atoms with Crippen LogP contribution in [0.4, 0.5) is 0 Å². The largest absolute Gasteiger partial charge is 0.506 e. The molecule has 0 fully saturated rings. The van der Waals surface area contributed by atoms with Crippen LogP contribution in [0.5, 0.6) is 5.75 Å². The molecule has 0 saturated carbocycles. The van der Waals surface area contributed by atoms with Crippen LogP contribution in [-0.4, -0.2) is 28.1 Å². The van der Waals surface area contributed by atoms with E-state index in [-0.39, 0.29) is 35.1 Å². The lowest BCUT2D eigenvalue weighted by molar-refractivity contribution is -0.143. The quantitative estimate of drug-likeness (QED) is 0.662. The number of phenolic OH excluding ortho intramolecular Hbond substituents is 1. The molecule has 0 aliphatic carbocycles. The number of carboxylic acid groups (broad SMARTS) is 1. The number of halogens is 1. The summed E-state index contributed by atoms with van der Waals surface area (Å²) in [5, 5.41) is 21.9. The highest BCUT2D eigenvalue weighted by Crippen LogP contribution is 2.30. The van der Waals surface area contributed by atoms with Crippen molar-refractivity contribution in [1.82, 2.24) is 5.32 Å². The van der Waals surface area contributed by atoms with Crippen LogP contribution in [0.15, 0.2) is 21.3 Å². The van der Waals surface area contributed by atoms with Crippen LogP contribution >= 0.6 is 11.6 Å². The smallest absolute Gasteiger partial charge is 0.339 e. The molecule has 1 amide bonds. The molecular weight excluding hydrogens is 362 g/mol. The van der Waals surface area contributed by atoms with Crippen LogP contribution in [0, 0.1) is 12.8 Å². The van der Waals surface area contributed by atoms with E-state index in [9.17, 15) is 19.5 Å². The Morgan fingerprint density at radius 3 is 2.54 bits per heavy atom. The first-order chi connectivity index (χ1) is 12.1. The maximum absolute atomic E-state index is 12.2. The van der Waals surface area contributed by atoms with Gasteiger partial charge in [0.1, 0.15) is 17.4 Å². The SMILES string of the molecule is Cc1c(CCC(=O)NC(C(=O)O)C(C)C)c(=O)oc2cc(O)c(Cl)cc12. The molecule has 0 spiro atoms. The van der Waals surface area contributed by atoms with Gasteiger partial charge in [-0.3, -0.25) is 4.79 Å². The summed E-state index contributed by atoms with van der Waals surface area (Å²) < 4.78 is 5.20. The number of carbonyl (C=O) groups is 2. The molecule has 0 bridgehead atoms. The van der Waals surface area contributed by atoms with E-state index in [0.29, 0.717) is 16.5 Å². The highest BCUT2D eigenvalue weighted by atomic mass is 35.5. The molecule has 8 heteroatoms. The number of carboxylic acids is 1. The zero-order valence-electron chi connectivity index (χ0n) is 14.6. The number of aryl methyl sites for hydroxylation is 1. The number of rotatable bonds is 6. The molecule has 0 aliphatic rings. The number of carbonyl (C=O) groups excluding carboxylic acids is 1. The first-order valence-corrected chi connectivity index (χ1v) is 8.46. The number of aromatic hydroxyl groups is 1. The highest BCUT2D eigenvalue weighted by molar-refractivity contribution is 6.32. The molecule has 2 aromatic rings. The maximum Gasteiger partial charge on any atom is 0.339 e. The van der Waals surface area contributed by atoms with E-state index < -0.39 is 23.5 Å². The fourth-order valence-corrected chi connectivity index (χ4v) is 2.85. The van der Waals surface area contributed by atoms with Crippen molar-refractivity contribution in [2.45, 2.75) is 39.7 Å². The Labute approximate surface area is 154 Å². The summed E-state index contributed by atoms with van der Waals surface area (Å²) in [5.74, 6) is -2.03. The predicted octanol–water partition coefficient (Wildman–Crippen LogP) is 2.62. The number of benzene rings is 1. The van der Waals surface area contributed by atoms with Crippen molar-refractivity contribution < 1.29 is 24.2 Å². The summed E-state index contributed by atoms with van der Waals surface area (Å²) in [4.78, 5) is 35.4. The second-order valence-corrected chi connectivity index (χ2v) is 6.83. The van der Waals surface area contributed by atoms with Crippen LogP contribution in [0.1, 0.15) is 31.4 Å². The molecule has 1 atom stereocenters. The average Bonchev–Trinajstić information content (AvgIpc) is 2.54. The maximum atomic E-state index is 12.2. The Balaban J connectivity index is 2.23. The van der Waals surface area contributed by atoms with E-state index in [1.54, 1.807) is 20.8 Å². The van der Waals surface area contributed by atoms with Crippen molar-refractivity contribution in [3.05, 3.63) is 38.7 Å². The van der Waals surface area contributed by atoms with E-state index in [2.05, 4.69) is 5.32 Å². The minimum Gasteiger partial charge on any atom is -0.506 e. The molecule has 26 heavy (non-hydrogen) atoms. The van der Waals surface area contributed by atoms with E-state index in [0.717, 1.165) is 0 Å². The Hall–Kier alpha value is -2.54. The third kappa shape index (κ3) is 4.16. The molecule has 0 aliphatic heterocycles. The first-order valence-electron chi connectivity index (χ1n) is 8.08. The summed E-state index contributed by atoms with van der Waals surface area (Å²) in [5.41, 5.74) is 0.506. The normalized spacial score (nSPS) is 12.3. The lowest BCUT2D eigenvalue weighted by Gasteiger charge is -2.18. The number of nitrogens with one attached hydrogen (secondary N) is 1. The van der Waals surface area contributed by atoms with E-state index in [4.69, 9.17) is 21.1 Å². The summed E-state index contributed by atoms with van der Waals surface area (Å²) in [6.07, 6.45) is 0.0400. The zero-order chi connectivity index (χ0) is 19.6. The fraction of sp³-hybridized carbons (Fsp3) is 0.389. The molecular formula is C18H20ClNO6. The van der Waals surface area contributed by atoms with Gasteiger partial charge in [-0.1, -0.05) is 25.4 Å². The minimum atomic E-state index is -1.11. The minimum absolute atomic E-state index is 0.0561. The van der Waals surface area contributed by atoms with Gasteiger partial charge in [-0.05, 0) is 30.9 Å². The Morgan fingerprint density at radius 1 is 1.31 bits per heavy atom. The van der Waals surface area contributed by atoms with Crippen LogP contribution in [-0.2, 0) is 16.0 Å². The molecule has 0 saturated heterocycles. The van der Waals surface area contributed by atoms with Crippen molar-refractivity contribution in [3.63, 3.8) is 0 Å². The van der Waals surface area contributed by atoms with Crippen molar-refractivity contribution in [2.75, 3.05) is 0 Å². The topological polar surface area (TPSA) is 117 Å². The molecule has 7 nitrogen and oxygen atoms in total. The van der Waals surface area contributed by atoms with Crippen molar-refractivity contribution >= 4 is 34.4 Å². The number of aliphatic carboxylic acids is 1. The number of fused-ring (bicyclic) bond motifs is 1. The molecule has 3 N–H and O–H groups in total. The third-order valence-electron chi connectivity index (χ3n) is 4.21. The van der Waals surface area contributed by atoms with Gasteiger partial charge >= 0.3 is 11.6 Å². The number of hydrogen-bond acceptors (Lipinski definition) is 5. The van der Waals surface area contributed by atoms with Crippen molar-refractivity contribution in [3.8, 4) is 5.75 Å². The van der Waals surface area contributed by atoms with Gasteiger partial charge in [0.2, 0.25) is 5.91 Å². The second-order valence-electron chi connectivity index (χ2n) is 6.42. The second kappa shape index (κ2) is 7.78. The van der Waals surface area contributed by atoms with Gasteiger partial charge in [-0.2, -0.15) is 0 Å². The van der Waals surface area contributed by atoms with Crippen molar-refractivity contribution in [1.29, 1.82) is 0 Å². The first kappa shape index (κ1) is 19.8. The molecule has 1 heterocycles. The summed E-state index contributed by atoms with van der Waals surface area (Å²) >= 11 is 5.91. The monoisotopic (exact) mass is 381 g/mol. The van der Waals surface area contributed by atoms with Crippen LogP contribution < -0.4 is 10.9 Å². The van der Waals surface area contributed by atoms with Gasteiger partial charge in [-0.15, -0.1) is 0 Å². The number of phenols is 1. The lowest BCUT2D eigenvalue weighted by Crippen LogP contribution is -2.44. The van der Waals surface area contributed by atoms with E-state index in [1.165, 1.54) is 12.1 Å². The molecule has 0 radical (unpaired) electrons. The van der Waals surface area contributed by atoms with E-state index >= 15 is 0 Å². The molecule has 1 unspecified atom stereocenters. The van der Waals surface area contributed by atoms with Crippen LogP contribution in [0.25, 0.3) is 11.0 Å². The van der Waals surface area contributed by atoms with Gasteiger partial charge < -0.3 is 19.9 Å².